The van der Waals surface area contributed by atoms with Crippen molar-refractivity contribution in [1.29, 1.82) is 0 Å². The van der Waals surface area contributed by atoms with E-state index in [1.54, 1.807) is 0 Å². The molecule has 0 spiro atoms. The molecule has 0 saturated carbocycles. The van der Waals surface area contributed by atoms with E-state index in [1.807, 2.05) is 37.3 Å². The number of sulfonamides is 1. The summed E-state index contributed by atoms with van der Waals surface area (Å²) in [7, 11) is 0.410. The van der Waals surface area contributed by atoms with Crippen molar-refractivity contribution in [2.24, 2.45) is 0 Å². The van der Waals surface area contributed by atoms with Crippen LogP contribution in [0.5, 0.6) is 11.5 Å². The molecule has 0 aromatic heterocycles. The lowest BCUT2D eigenvalue weighted by Gasteiger charge is -2.21. The Hall–Kier alpha value is -2.58. The van der Waals surface area contributed by atoms with Crippen molar-refractivity contribution in [3.05, 3.63) is 54.1 Å². The van der Waals surface area contributed by atoms with Crippen LogP contribution < -0.4 is 14.8 Å². The Morgan fingerprint density at radius 1 is 1.07 bits per heavy atom. The molecule has 0 radical (unpaired) electrons. The predicted octanol–water partition coefficient (Wildman–Crippen LogP) is 2.59. The number of amides is 1. The van der Waals surface area contributed by atoms with E-state index >= 15 is 0 Å². The van der Waals surface area contributed by atoms with Crippen LogP contribution >= 0.6 is 0 Å². The first-order valence-corrected chi connectivity index (χ1v) is 10.3. The fourth-order valence-corrected chi connectivity index (χ4v) is 3.93. The van der Waals surface area contributed by atoms with Crippen LogP contribution in [0.15, 0.2) is 53.4 Å². The lowest BCUT2D eigenvalue weighted by Crippen LogP contribution is -2.39. The Bertz CT molecular complexity index is 900. The molecule has 0 aliphatic heterocycles. The molecule has 8 heteroatoms. The highest BCUT2D eigenvalue weighted by Crippen LogP contribution is 2.30. The molecule has 1 amide bonds. The van der Waals surface area contributed by atoms with Gasteiger partial charge in [0.05, 0.1) is 31.7 Å². The maximum atomic E-state index is 12.8. The quantitative estimate of drug-likeness (QED) is 0.692. The van der Waals surface area contributed by atoms with Crippen LogP contribution in [-0.4, -0.2) is 46.4 Å². The third kappa shape index (κ3) is 5.02. The zero-order valence-corrected chi connectivity index (χ0v) is 17.3. The van der Waals surface area contributed by atoms with Gasteiger partial charge in [0.1, 0.15) is 0 Å². The summed E-state index contributed by atoms with van der Waals surface area (Å²) >= 11 is 0. The zero-order chi connectivity index (χ0) is 20.7. The first kappa shape index (κ1) is 21.7. The highest BCUT2D eigenvalue weighted by atomic mass is 32.2. The van der Waals surface area contributed by atoms with E-state index in [2.05, 4.69) is 5.32 Å². The standard InChI is InChI=1S/C20H26N2O5S/c1-5-17(15-9-7-6-8-10-15)21-20(23)14-22(2)28(24,25)16-11-12-18(26-3)19(13-16)27-4/h6-13,17H,5,14H2,1-4H3,(H,21,23). The van der Waals surface area contributed by atoms with Gasteiger partial charge in [0.2, 0.25) is 15.9 Å². The largest absolute Gasteiger partial charge is 0.493 e. The molecule has 2 aromatic carbocycles. The van der Waals surface area contributed by atoms with E-state index in [1.165, 1.54) is 39.5 Å². The molecular weight excluding hydrogens is 380 g/mol. The molecule has 0 fully saturated rings. The summed E-state index contributed by atoms with van der Waals surface area (Å²) in [4.78, 5) is 12.5. The smallest absolute Gasteiger partial charge is 0.243 e. The van der Waals surface area contributed by atoms with Crippen molar-refractivity contribution in [3.63, 3.8) is 0 Å². The Labute approximate surface area is 166 Å². The minimum absolute atomic E-state index is 0.0237. The molecule has 0 bridgehead atoms. The Kier molecular flexibility index (Phi) is 7.42. The molecular formula is C20H26N2O5S. The average molecular weight is 407 g/mol. The van der Waals surface area contributed by atoms with Crippen LogP contribution in [0, 0.1) is 0 Å². The number of hydrogen-bond acceptors (Lipinski definition) is 5. The fourth-order valence-electron chi connectivity index (χ4n) is 2.79. The number of nitrogens with one attached hydrogen (secondary N) is 1. The molecule has 2 rings (SSSR count). The second-order valence-corrected chi connectivity index (χ2v) is 8.26. The molecule has 1 atom stereocenters. The number of likely N-dealkylation sites (N-methyl/N-ethyl adjacent to an activating group) is 1. The molecule has 0 aliphatic rings. The van der Waals surface area contributed by atoms with Crippen molar-refractivity contribution in [1.82, 2.24) is 9.62 Å². The number of nitrogens with zero attached hydrogens (tertiary/aromatic N) is 1. The monoisotopic (exact) mass is 406 g/mol. The summed E-state index contributed by atoms with van der Waals surface area (Å²) in [5.74, 6) is 0.356. The lowest BCUT2D eigenvalue weighted by atomic mass is 10.0. The van der Waals surface area contributed by atoms with Crippen LogP contribution in [0.1, 0.15) is 24.9 Å². The maximum Gasteiger partial charge on any atom is 0.243 e. The second-order valence-electron chi connectivity index (χ2n) is 6.22. The summed E-state index contributed by atoms with van der Waals surface area (Å²) in [6.45, 7) is 1.67. The van der Waals surface area contributed by atoms with Gasteiger partial charge in [0.25, 0.3) is 0 Å². The average Bonchev–Trinajstić information content (AvgIpc) is 2.71. The van der Waals surface area contributed by atoms with Gasteiger partial charge in [-0.25, -0.2) is 8.42 Å². The second kappa shape index (κ2) is 9.57. The minimum Gasteiger partial charge on any atom is -0.493 e. The molecule has 1 unspecified atom stereocenters. The zero-order valence-electron chi connectivity index (χ0n) is 16.5. The van der Waals surface area contributed by atoms with E-state index < -0.39 is 10.0 Å². The van der Waals surface area contributed by atoms with Crippen LogP contribution in [-0.2, 0) is 14.8 Å². The summed E-state index contributed by atoms with van der Waals surface area (Å²) in [5.41, 5.74) is 0.976. The summed E-state index contributed by atoms with van der Waals surface area (Å²) in [6.07, 6.45) is 0.696. The summed E-state index contributed by atoms with van der Waals surface area (Å²) in [5, 5.41) is 2.89. The number of carbonyl (C=O) groups excluding carboxylic acids is 1. The lowest BCUT2D eigenvalue weighted by molar-refractivity contribution is -0.121. The molecule has 0 heterocycles. The Balaban J connectivity index is 2.12. The van der Waals surface area contributed by atoms with Crippen molar-refractivity contribution in [2.75, 3.05) is 27.8 Å². The van der Waals surface area contributed by atoms with Gasteiger partial charge in [0, 0.05) is 13.1 Å². The first-order chi connectivity index (χ1) is 13.3. The highest BCUT2D eigenvalue weighted by Gasteiger charge is 2.25. The number of ether oxygens (including phenoxy) is 2. The van der Waals surface area contributed by atoms with Crippen molar-refractivity contribution in [2.45, 2.75) is 24.3 Å². The van der Waals surface area contributed by atoms with Gasteiger partial charge in [0.15, 0.2) is 11.5 Å². The Morgan fingerprint density at radius 2 is 1.71 bits per heavy atom. The van der Waals surface area contributed by atoms with Gasteiger partial charge >= 0.3 is 0 Å². The number of methoxy groups -OCH3 is 2. The third-order valence-electron chi connectivity index (χ3n) is 4.37. The number of hydrogen-bond donors (Lipinski definition) is 1. The molecule has 1 N–H and O–H groups in total. The summed E-state index contributed by atoms with van der Waals surface area (Å²) in [6, 6.07) is 13.7. The van der Waals surface area contributed by atoms with Gasteiger partial charge in [-0.3, -0.25) is 4.79 Å². The number of carbonyl (C=O) groups is 1. The molecule has 28 heavy (non-hydrogen) atoms. The Morgan fingerprint density at radius 3 is 2.29 bits per heavy atom. The van der Waals surface area contributed by atoms with E-state index in [4.69, 9.17) is 9.47 Å². The fraction of sp³-hybridized carbons (Fsp3) is 0.350. The first-order valence-electron chi connectivity index (χ1n) is 8.86. The SMILES string of the molecule is CCC(NC(=O)CN(C)S(=O)(=O)c1ccc(OC)c(OC)c1)c1ccccc1. The molecule has 152 valence electrons. The van der Waals surface area contributed by atoms with E-state index in [9.17, 15) is 13.2 Å². The van der Waals surface area contributed by atoms with Crippen LogP contribution in [0.3, 0.4) is 0 Å². The maximum absolute atomic E-state index is 12.8. The number of benzene rings is 2. The van der Waals surface area contributed by atoms with Crippen LogP contribution in [0.4, 0.5) is 0 Å². The highest BCUT2D eigenvalue weighted by molar-refractivity contribution is 7.89. The van der Waals surface area contributed by atoms with E-state index in [-0.39, 0.29) is 23.4 Å². The number of rotatable bonds is 9. The topological polar surface area (TPSA) is 84.9 Å². The van der Waals surface area contributed by atoms with Crippen LogP contribution in [0.25, 0.3) is 0 Å². The minimum atomic E-state index is -3.86. The van der Waals surface area contributed by atoms with Gasteiger partial charge in [-0.15, -0.1) is 0 Å². The normalized spacial score (nSPS) is 12.5. The van der Waals surface area contributed by atoms with Gasteiger partial charge in [-0.2, -0.15) is 4.31 Å². The molecule has 0 aliphatic carbocycles. The van der Waals surface area contributed by atoms with Crippen molar-refractivity contribution in [3.8, 4) is 11.5 Å². The van der Waals surface area contributed by atoms with Gasteiger partial charge < -0.3 is 14.8 Å². The van der Waals surface area contributed by atoms with Gasteiger partial charge in [-0.05, 0) is 24.1 Å². The molecule has 0 saturated heterocycles. The molecule has 2 aromatic rings. The van der Waals surface area contributed by atoms with Gasteiger partial charge in [-0.1, -0.05) is 37.3 Å². The van der Waals surface area contributed by atoms with Crippen LogP contribution in [0.2, 0.25) is 0 Å². The van der Waals surface area contributed by atoms with E-state index in [0.29, 0.717) is 17.9 Å². The molecule has 7 nitrogen and oxygen atoms in total. The van der Waals surface area contributed by atoms with E-state index in [0.717, 1.165) is 9.87 Å². The third-order valence-corrected chi connectivity index (χ3v) is 6.17. The summed E-state index contributed by atoms with van der Waals surface area (Å²) < 4.78 is 36.9. The predicted molar refractivity (Wildman–Crippen MR) is 107 cm³/mol. The van der Waals surface area contributed by atoms with Crippen molar-refractivity contribution >= 4 is 15.9 Å². The van der Waals surface area contributed by atoms with Crippen molar-refractivity contribution < 1.29 is 22.7 Å².